The lowest BCUT2D eigenvalue weighted by Crippen LogP contribution is -2.12. The molecule has 0 radical (unpaired) electrons. The maximum Gasteiger partial charge on any atom is 0.255 e. The number of nitrogens with zero attached hydrogens (tertiary/aromatic N) is 5. The first-order chi connectivity index (χ1) is 15.6. The molecule has 0 saturated heterocycles. The summed E-state index contributed by atoms with van der Waals surface area (Å²) in [5, 5.41) is 16.1. The summed E-state index contributed by atoms with van der Waals surface area (Å²) in [6.07, 6.45) is 1.71. The lowest BCUT2D eigenvalue weighted by molar-refractivity contribution is 0.102. The molecule has 3 aromatic heterocycles. The summed E-state index contributed by atoms with van der Waals surface area (Å²) >= 11 is 0. The normalized spacial score (nSPS) is 10.9. The number of amides is 1. The number of hydrogen-bond donors (Lipinski definition) is 1. The molecule has 0 saturated carbocycles. The van der Waals surface area contributed by atoms with Gasteiger partial charge in [0.25, 0.3) is 5.91 Å². The Morgan fingerprint density at radius 2 is 1.75 bits per heavy atom. The number of hydrogen-bond acceptors (Lipinski definition) is 5. The number of carbonyl (C=O) groups excluding carboxylic acids is 1. The van der Waals surface area contributed by atoms with E-state index >= 15 is 0 Å². The van der Waals surface area contributed by atoms with Crippen LogP contribution < -0.4 is 5.32 Å². The van der Waals surface area contributed by atoms with Crippen LogP contribution in [0.4, 0.5) is 5.69 Å². The largest absolute Gasteiger partial charge is 0.322 e. The highest BCUT2D eigenvalue weighted by Crippen LogP contribution is 2.23. The quantitative estimate of drug-likeness (QED) is 0.455. The van der Waals surface area contributed by atoms with E-state index in [-0.39, 0.29) is 5.91 Å². The summed E-state index contributed by atoms with van der Waals surface area (Å²) in [5.74, 6) is 0.423. The third kappa shape index (κ3) is 3.72. The van der Waals surface area contributed by atoms with Crippen LogP contribution in [-0.4, -0.2) is 30.7 Å². The van der Waals surface area contributed by atoms with Gasteiger partial charge in [0, 0.05) is 23.0 Å². The van der Waals surface area contributed by atoms with Gasteiger partial charge in [-0.25, -0.2) is 0 Å². The van der Waals surface area contributed by atoms with Crippen molar-refractivity contribution in [1.29, 1.82) is 0 Å². The fraction of sp³-hybridized carbons (Fsp3) is 0.0800. The summed E-state index contributed by atoms with van der Waals surface area (Å²) in [4.78, 5) is 17.1. The third-order valence-electron chi connectivity index (χ3n) is 5.34. The molecule has 0 spiro atoms. The smallest absolute Gasteiger partial charge is 0.255 e. The van der Waals surface area contributed by atoms with Gasteiger partial charge >= 0.3 is 0 Å². The standard InChI is InChI=1S/C25H20N6O/c1-16-9-10-19(14-17(16)2)25(32)27-20-7-5-6-18(15-20)21-11-12-23-28-29-24(31(23)30-21)22-8-3-4-13-26-22/h3-15H,1-2H3,(H,27,32). The Kier molecular flexibility index (Phi) is 4.91. The Morgan fingerprint density at radius 1 is 0.844 bits per heavy atom. The molecule has 5 rings (SSSR count). The van der Waals surface area contributed by atoms with E-state index in [0.29, 0.717) is 28.4 Å². The minimum atomic E-state index is -0.148. The number of carbonyl (C=O) groups is 1. The Morgan fingerprint density at radius 3 is 2.56 bits per heavy atom. The Balaban J connectivity index is 1.46. The Hall–Kier alpha value is -4.39. The average Bonchev–Trinajstić information content (AvgIpc) is 3.25. The second-order valence-corrected chi connectivity index (χ2v) is 7.56. The molecule has 0 aliphatic carbocycles. The van der Waals surface area contributed by atoms with Gasteiger partial charge in [-0.05, 0) is 73.5 Å². The fourth-order valence-electron chi connectivity index (χ4n) is 3.44. The number of aryl methyl sites for hydroxylation is 2. The molecule has 0 unspecified atom stereocenters. The molecular weight excluding hydrogens is 400 g/mol. The van der Waals surface area contributed by atoms with Gasteiger partial charge in [-0.1, -0.05) is 24.3 Å². The average molecular weight is 420 g/mol. The first-order valence-electron chi connectivity index (χ1n) is 10.2. The summed E-state index contributed by atoms with van der Waals surface area (Å²) < 4.78 is 1.68. The van der Waals surface area contributed by atoms with Gasteiger partial charge in [0.2, 0.25) is 5.82 Å². The van der Waals surface area contributed by atoms with Crippen LogP contribution in [0.5, 0.6) is 0 Å². The minimum Gasteiger partial charge on any atom is -0.322 e. The van der Waals surface area contributed by atoms with Gasteiger partial charge in [-0.3, -0.25) is 9.78 Å². The van der Waals surface area contributed by atoms with Gasteiger partial charge in [0.05, 0.1) is 5.69 Å². The van der Waals surface area contributed by atoms with Crippen LogP contribution in [-0.2, 0) is 0 Å². The molecule has 156 valence electrons. The van der Waals surface area contributed by atoms with Crippen molar-refractivity contribution in [3.05, 3.63) is 95.7 Å². The number of rotatable bonds is 4. The van der Waals surface area contributed by atoms with Gasteiger partial charge < -0.3 is 5.32 Å². The minimum absolute atomic E-state index is 0.148. The van der Waals surface area contributed by atoms with Crippen LogP contribution >= 0.6 is 0 Å². The number of benzene rings is 2. The second kappa shape index (κ2) is 8.03. The van der Waals surface area contributed by atoms with E-state index in [1.54, 1.807) is 10.7 Å². The zero-order valence-corrected chi connectivity index (χ0v) is 17.6. The van der Waals surface area contributed by atoms with E-state index in [2.05, 4.69) is 20.5 Å². The van der Waals surface area contributed by atoms with Gasteiger partial charge in [0.15, 0.2) is 5.65 Å². The van der Waals surface area contributed by atoms with E-state index in [9.17, 15) is 4.79 Å². The molecule has 3 heterocycles. The number of anilines is 1. The highest BCUT2D eigenvalue weighted by molar-refractivity contribution is 6.04. The zero-order chi connectivity index (χ0) is 22.1. The molecule has 7 nitrogen and oxygen atoms in total. The highest BCUT2D eigenvalue weighted by Gasteiger charge is 2.12. The van der Waals surface area contributed by atoms with Gasteiger partial charge in [-0.2, -0.15) is 9.61 Å². The summed E-state index contributed by atoms with van der Waals surface area (Å²) in [6.45, 7) is 4.03. The molecule has 5 aromatic rings. The summed E-state index contributed by atoms with van der Waals surface area (Å²) in [6, 6.07) is 22.7. The number of nitrogens with one attached hydrogen (secondary N) is 1. The summed E-state index contributed by atoms with van der Waals surface area (Å²) in [5.41, 5.74) is 6.49. The maximum atomic E-state index is 12.7. The van der Waals surface area contributed by atoms with Crippen LogP contribution in [0.1, 0.15) is 21.5 Å². The van der Waals surface area contributed by atoms with Crippen LogP contribution in [0.3, 0.4) is 0 Å². The Labute approximate surface area is 184 Å². The predicted octanol–water partition coefficient (Wildman–Crippen LogP) is 4.72. The van der Waals surface area contributed by atoms with Crippen molar-refractivity contribution in [3.8, 4) is 22.8 Å². The fourth-order valence-corrected chi connectivity index (χ4v) is 3.44. The van der Waals surface area contributed by atoms with Crippen molar-refractivity contribution in [1.82, 2.24) is 24.8 Å². The molecule has 7 heteroatoms. The topological polar surface area (TPSA) is 85.1 Å². The van der Waals surface area contributed by atoms with E-state index < -0.39 is 0 Å². The van der Waals surface area contributed by atoms with Crippen molar-refractivity contribution < 1.29 is 4.79 Å². The molecular formula is C25H20N6O. The van der Waals surface area contributed by atoms with E-state index in [4.69, 9.17) is 5.10 Å². The van der Waals surface area contributed by atoms with E-state index in [1.807, 2.05) is 86.6 Å². The zero-order valence-electron chi connectivity index (χ0n) is 17.6. The van der Waals surface area contributed by atoms with Crippen LogP contribution in [0.25, 0.3) is 28.4 Å². The summed E-state index contributed by atoms with van der Waals surface area (Å²) in [7, 11) is 0. The first kappa shape index (κ1) is 19.6. The predicted molar refractivity (Wildman–Crippen MR) is 123 cm³/mol. The third-order valence-corrected chi connectivity index (χ3v) is 5.34. The Bertz CT molecular complexity index is 1440. The van der Waals surface area contributed by atoms with E-state index in [1.165, 1.54) is 0 Å². The SMILES string of the molecule is Cc1ccc(C(=O)Nc2cccc(-c3ccc4nnc(-c5ccccn5)n4n3)c2)cc1C. The van der Waals surface area contributed by atoms with Gasteiger partial charge in [0.1, 0.15) is 5.69 Å². The van der Waals surface area contributed by atoms with Crippen molar-refractivity contribution >= 4 is 17.2 Å². The molecule has 32 heavy (non-hydrogen) atoms. The van der Waals surface area contributed by atoms with E-state index in [0.717, 1.165) is 22.4 Å². The molecule has 1 N–H and O–H groups in total. The number of fused-ring (bicyclic) bond motifs is 1. The van der Waals surface area contributed by atoms with Crippen LogP contribution in [0.15, 0.2) is 79.0 Å². The molecule has 0 fully saturated rings. The molecule has 2 aromatic carbocycles. The lowest BCUT2D eigenvalue weighted by Gasteiger charge is -2.09. The van der Waals surface area contributed by atoms with Crippen LogP contribution in [0.2, 0.25) is 0 Å². The van der Waals surface area contributed by atoms with Crippen molar-refractivity contribution in [2.75, 3.05) is 5.32 Å². The van der Waals surface area contributed by atoms with Gasteiger partial charge in [-0.15, -0.1) is 10.2 Å². The van der Waals surface area contributed by atoms with Crippen LogP contribution in [0, 0.1) is 13.8 Å². The van der Waals surface area contributed by atoms with Crippen molar-refractivity contribution in [2.45, 2.75) is 13.8 Å². The number of aromatic nitrogens is 5. The van der Waals surface area contributed by atoms with Crippen molar-refractivity contribution in [2.24, 2.45) is 0 Å². The lowest BCUT2D eigenvalue weighted by atomic mass is 10.1. The molecule has 0 aliphatic heterocycles. The molecule has 0 bridgehead atoms. The highest BCUT2D eigenvalue weighted by atomic mass is 16.1. The first-order valence-corrected chi connectivity index (χ1v) is 10.2. The monoisotopic (exact) mass is 420 g/mol. The second-order valence-electron chi connectivity index (χ2n) is 7.56. The maximum absolute atomic E-state index is 12.7. The number of pyridine rings is 1. The molecule has 0 atom stereocenters. The molecule has 1 amide bonds. The van der Waals surface area contributed by atoms with Crippen molar-refractivity contribution in [3.63, 3.8) is 0 Å². The molecule has 0 aliphatic rings.